The molecule has 0 aliphatic carbocycles. The topological polar surface area (TPSA) is 131 Å². The third-order valence-electron chi connectivity index (χ3n) is 13.1. The third-order valence-corrected chi connectivity index (χ3v) is 13.1. The van der Waals surface area contributed by atoms with Gasteiger partial charge in [-0.25, -0.2) is 22.8 Å². The van der Waals surface area contributed by atoms with E-state index >= 15 is 13.2 Å². The van der Waals surface area contributed by atoms with Crippen LogP contribution >= 0.6 is 0 Å². The number of aromatic nitrogens is 3. The highest BCUT2D eigenvalue weighted by Gasteiger charge is 2.53. The Labute approximate surface area is 353 Å². The van der Waals surface area contributed by atoms with Gasteiger partial charge in [-0.2, -0.15) is 23.1 Å². The van der Waals surface area contributed by atoms with Gasteiger partial charge >= 0.3 is 24.4 Å². The van der Waals surface area contributed by atoms with Gasteiger partial charge in [-0.05, 0) is 106 Å². The monoisotopic (exact) mass is 871 g/mol. The number of pyridine rings is 1. The van der Waals surface area contributed by atoms with Gasteiger partial charge in [0.15, 0.2) is 11.9 Å². The molecule has 13 nitrogen and oxygen atoms in total. The standard InChI is InChI=1S/C43H47F6N7O6/c1-41-19-25(44)21-54(22-41)37-29-20-50-34(33(46)35(29)51-38(52-37)61-23-42-11-5-13-55(42)14-6-12-42)28-18-26(62-40(58)56-15-3-8-31(59-2)36(56)43(47,48)49)17-24-9-10-30(45)27(32(24)28)7-4-16-60-39(57)53-41/h9-10,17-18,20,25,31,36H,3-8,11-16,19,21-23H2,1-2H3,(H,53,57). The number of piperidine rings is 2. The molecule has 6 aliphatic heterocycles. The molecule has 4 fully saturated rings. The Balaban J connectivity index is 1.20. The molecule has 8 heterocycles. The summed E-state index contributed by atoms with van der Waals surface area (Å²) >= 11 is 0. The SMILES string of the molecule is COC1CCCN(C(=O)Oc2cc3c4c(c(F)ccc4c2)CCCOC(=O)NC2(C)CC(F)CN(C2)c2nc(OCC45CCCN4CCC5)nc4c(F)c-3ncc24)C1C(F)(F)F. The Kier molecular flexibility index (Phi) is 11.0. The number of anilines is 1. The number of methoxy groups -OCH3 is 1. The maximum atomic E-state index is 17.6. The number of carbonyl (C=O) groups is 2. The molecule has 2 aromatic carbocycles. The number of hydrogen-bond acceptors (Lipinski definition) is 11. The van der Waals surface area contributed by atoms with Crippen molar-refractivity contribution < 1.29 is 54.9 Å². The van der Waals surface area contributed by atoms with E-state index in [0.717, 1.165) is 45.9 Å². The van der Waals surface area contributed by atoms with Crippen molar-refractivity contribution in [2.24, 2.45) is 0 Å². The van der Waals surface area contributed by atoms with Crippen LogP contribution in [0.15, 0.2) is 30.5 Å². The van der Waals surface area contributed by atoms with E-state index in [1.807, 2.05) is 0 Å². The van der Waals surface area contributed by atoms with Gasteiger partial charge in [0, 0.05) is 38.4 Å². The lowest BCUT2D eigenvalue weighted by Crippen LogP contribution is -2.60. The van der Waals surface area contributed by atoms with Crippen LogP contribution in [0.25, 0.3) is 32.9 Å². The van der Waals surface area contributed by atoms with Crippen LogP contribution in [-0.4, -0.2) is 126 Å². The molecule has 2 aromatic heterocycles. The second kappa shape index (κ2) is 16.2. The maximum Gasteiger partial charge on any atom is 0.415 e. The fourth-order valence-corrected chi connectivity index (χ4v) is 10.4. The van der Waals surface area contributed by atoms with Gasteiger partial charge in [-0.1, -0.05) is 6.07 Å². The summed E-state index contributed by atoms with van der Waals surface area (Å²) in [4.78, 5) is 45.2. The summed E-state index contributed by atoms with van der Waals surface area (Å²) in [6.07, 6.45) is -4.25. The number of rotatable bonds is 5. The number of amides is 2. The number of nitrogens with zero attached hydrogens (tertiary/aromatic N) is 6. The Morgan fingerprint density at radius 2 is 1.85 bits per heavy atom. The predicted molar refractivity (Wildman–Crippen MR) is 214 cm³/mol. The van der Waals surface area contributed by atoms with E-state index < -0.39 is 53.9 Å². The zero-order valence-electron chi connectivity index (χ0n) is 34.3. The first-order chi connectivity index (χ1) is 29.6. The van der Waals surface area contributed by atoms with E-state index in [2.05, 4.69) is 20.2 Å². The number of fused-ring (bicyclic) bond motifs is 7. The zero-order chi connectivity index (χ0) is 43.6. The first kappa shape index (κ1) is 42.1. The average Bonchev–Trinajstić information content (AvgIpc) is 3.81. The normalized spacial score (nSPS) is 25.5. The van der Waals surface area contributed by atoms with Crippen molar-refractivity contribution in [3.8, 4) is 23.0 Å². The Morgan fingerprint density at radius 1 is 1.06 bits per heavy atom. The minimum atomic E-state index is -4.84. The van der Waals surface area contributed by atoms with Gasteiger partial charge in [-0.15, -0.1) is 0 Å². The fraction of sp³-hybridized carbons (Fsp3) is 0.558. The summed E-state index contributed by atoms with van der Waals surface area (Å²) < 4.78 is 115. The van der Waals surface area contributed by atoms with Crippen molar-refractivity contribution >= 4 is 39.7 Å². The first-order valence-corrected chi connectivity index (χ1v) is 21.1. The second-order valence-electron chi connectivity index (χ2n) is 17.4. The van der Waals surface area contributed by atoms with E-state index in [9.17, 15) is 22.8 Å². The van der Waals surface area contributed by atoms with Crippen molar-refractivity contribution in [1.29, 1.82) is 0 Å². The third kappa shape index (κ3) is 7.79. The summed E-state index contributed by atoms with van der Waals surface area (Å²) in [7, 11) is 1.15. The molecule has 10 rings (SSSR count). The van der Waals surface area contributed by atoms with Crippen LogP contribution < -0.4 is 19.7 Å². The predicted octanol–water partition coefficient (Wildman–Crippen LogP) is 7.65. The molecule has 0 saturated carbocycles. The number of likely N-dealkylation sites (tertiary alicyclic amines) is 1. The average molecular weight is 872 g/mol. The number of benzene rings is 2. The summed E-state index contributed by atoms with van der Waals surface area (Å²) in [5, 5.41) is 3.32. The number of alkyl halides is 4. The molecule has 332 valence electrons. The lowest BCUT2D eigenvalue weighted by Gasteiger charge is -2.42. The fourth-order valence-electron chi connectivity index (χ4n) is 10.4. The van der Waals surface area contributed by atoms with Crippen molar-refractivity contribution in [2.75, 3.05) is 57.9 Å². The number of ether oxygens (including phenoxy) is 4. The molecule has 6 aliphatic rings. The molecule has 4 unspecified atom stereocenters. The molecule has 4 saturated heterocycles. The van der Waals surface area contributed by atoms with Gasteiger partial charge in [0.2, 0.25) is 0 Å². The molecule has 62 heavy (non-hydrogen) atoms. The van der Waals surface area contributed by atoms with Crippen LogP contribution in [-0.2, 0) is 15.9 Å². The summed E-state index contributed by atoms with van der Waals surface area (Å²) in [5.41, 5.74) is -1.93. The Morgan fingerprint density at radius 3 is 2.61 bits per heavy atom. The molecule has 19 heteroatoms. The molecule has 4 atom stereocenters. The highest BCUT2D eigenvalue weighted by atomic mass is 19.4. The van der Waals surface area contributed by atoms with Gasteiger partial charge in [0.25, 0.3) is 0 Å². The molecule has 1 N–H and O–H groups in total. The minimum Gasteiger partial charge on any atom is -0.461 e. The van der Waals surface area contributed by atoms with E-state index in [1.54, 1.807) is 11.8 Å². The van der Waals surface area contributed by atoms with Gasteiger partial charge in [0.1, 0.15) is 41.4 Å². The molecular weight excluding hydrogens is 825 g/mol. The first-order valence-electron chi connectivity index (χ1n) is 21.1. The van der Waals surface area contributed by atoms with Crippen molar-refractivity contribution in [2.45, 2.75) is 100 Å². The van der Waals surface area contributed by atoms with Crippen LogP contribution in [0.1, 0.15) is 63.9 Å². The van der Waals surface area contributed by atoms with E-state index in [-0.39, 0.29) is 127 Å². The lowest BCUT2D eigenvalue weighted by atomic mass is 9.90. The number of hydrogen-bond donors (Lipinski definition) is 1. The van der Waals surface area contributed by atoms with Crippen molar-refractivity contribution in [1.82, 2.24) is 30.1 Å². The summed E-state index contributed by atoms with van der Waals surface area (Å²) in [6.45, 7) is 3.24. The molecule has 2 amide bonds. The molecular formula is C43H47F6N7O6. The van der Waals surface area contributed by atoms with Crippen molar-refractivity contribution in [3.05, 3.63) is 47.7 Å². The van der Waals surface area contributed by atoms with Gasteiger partial charge in [0.05, 0.1) is 35.7 Å². The van der Waals surface area contributed by atoms with Crippen LogP contribution in [0.4, 0.5) is 41.7 Å². The Bertz CT molecular complexity index is 2400. The second-order valence-corrected chi connectivity index (χ2v) is 17.4. The van der Waals surface area contributed by atoms with E-state index in [4.69, 9.17) is 23.9 Å². The van der Waals surface area contributed by atoms with E-state index in [1.165, 1.54) is 30.5 Å². The van der Waals surface area contributed by atoms with E-state index in [0.29, 0.717) is 4.90 Å². The van der Waals surface area contributed by atoms with Crippen LogP contribution in [0, 0.1) is 11.6 Å². The number of alkyl carbamates (subject to hydrolysis) is 1. The Hall–Kier alpha value is -5.17. The largest absolute Gasteiger partial charge is 0.461 e. The number of aryl methyl sites for hydroxylation is 1. The molecule has 6 bridgehead atoms. The maximum absolute atomic E-state index is 17.6. The zero-order valence-corrected chi connectivity index (χ0v) is 34.3. The summed E-state index contributed by atoms with van der Waals surface area (Å²) in [6, 6.07) is 2.68. The quantitative estimate of drug-likeness (QED) is 0.199. The molecule has 0 spiro atoms. The van der Waals surface area contributed by atoms with Crippen LogP contribution in [0.3, 0.4) is 0 Å². The van der Waals surface area contributed by atoms with Crippen LogP contribution in [0.5, 0.6) is 11.8 Å². The van der Waals surface area contributed by atoms with Gasteiger partial charge in [-0.3, -0.25) is 14.8 Å². The highest BCUT2D eigenvalue weighted by Crippen LogP contribution is 2.43. The highest BCUT2D eigenvalue weighted by molar-refractivity contribution is 6.02. The summed E-state index contributed by atoms with van der Waals surface area (Å²) in [5.74, 6) is -1.80. The number of halogens is 6. The lowest BCUT2D eigenvalue weighted by molar-refractivity contribution is -0.213. The number of carbonyl (C=O) groups excluding carboxylic acids is 2. The molecule has 4 aromatic rings. The minimum absolute atomic E-state index is 0.0160. The van der Waals surface area contributed by atoms with Crippen LogP contribution in [0.2, 0.25) is 0 Å². The smallest absolute Gasteiger partial charge is 0.415 e. The van der Waals surface area contributed by atoms with Gasteiger partial charge < -0.3 is 29.2 Å². The number of nitrogens with one attached hydrogen (secondary N) is 1. The van der Waals surface area contributed by atoms with Crippen molar-refractivity contribution in [3.63, 3.8) is 0 Å². The molecule has 0 radical (unpaired) electrons.